The Kier molecular flexibility index (Phi) is 16.3. The smallest absolute Gasteiger partial charge is 0.296 e. The van der Waals surface area contributed by atoms with Crippen LogP contribution in [0.2, 0.25) is 0 Å². The van der Waals surface area contributed by atoms with Gasteiger partial charge >= 0.3 is 0 Å². The minimum absolute atomic E-state index is 0.0656. The van der Waals surface area contributed by atoms with E-state index >= 15 is 0 Å². The number of aliphatic hydroxyl groups is 2. The van der Waals surface area contributed by atoms with E-state index in [0.29, 0.717) is 31.7 Å². The molecule has 1 aliphatic carbocycles. The van der Waals surface area contributed by atoms with Gasteiger partial charge in [0.05, 0.1) is 17.9 Å². The molecule has 1 aromatic carbocycles. The molecule has 0 aliphatic heterocycles. The van der Waals surface area contributed by atoms with Crippen LogP contribution in [0, 0.1) is 23.7 Å². The molecule has 0 radical (unpaired) electrons. The van der Waals surface area contributed by atoms with Crippen molar-refractivity contribution in [1.82, 2.24) is 15.1 Å². The monoisotopic (exact) mass is 619 g/mol. The van der Waals surface area contributed by atoms with Gasteiger partial charge < -0.3 is 25.3 Å². The summed E-state index contributed by atoms with van der Waals surface area (Å²) in [6, 6.07) is 8.93. The SMILES string of the molecule is CC(C)C[C@H](O)[C@H](O)[C@@H](CC1CCCCC1)NC(=O)C#CCCN(CS(=O)(=O)CCN(C)C)C(=O)CCc1ccccc1. The van der Waals surface area contributed by atoms with E-state index in [1.54, 1.807) is 19.0 Å². The van der Waals surface area contributed by atoms with Crippen LogP contribution in [0.1, 0.15) is 77.2 Å². The minimum atomic E-state index is -3.53. The number of nitrogens with one attached hydrogen (secondary N) is 1. The molecule has 0 heterocycles. The number of benzene rings is 1. The normalized spacial score (nSPS) is 16.3. The molecule has 0 spiro atoms. The largest absolute Gasteiger partial charge is 0.390 e. The molecule has 3 atom stereocenters. The maximum atomic E-state index is 13.1. The second kappa shape index (κ2) is 19.0. The van der Waals surface area contributed by atoms with Crippen LogP contribution in [0.3, 0.4) is 0 Å². The molecule has 0 aromatic heterocycles. The average molecular weight is 620 g/mol. The van der Waals surface area contributed by atoms with Crippen LogP contribution in [0.5, 0.6) is 0 Å². The van der Waals surface area contributed by atoms with Gasteiger partial charge in [0.25, 0.3) is 5.91 Å². The lowest BCUT2D eigenvalue weighted by atomic mass is 9.82. The molecule has 9 nitrogen and oxygen atoms in total. The zero-order valence-corrected chi connectivity index (χ0v) is 27.3. The van der Waals surface area contributed by atoms with Crippen LogP contribution in [0.4, 0.5) is 0 Å². The van der Waals surface area contributed by atoms with Crippen LogP contribution < -0.4 is 5.32 Å². The lowest BCUT2D eigenvalue weighted by Gasteiger charge is -2.32. The Morgan fingerprint density at radius 2 is 1.72 bits per heavy atom. The van der Waals surface area contributed by atoms with Gasteiger partial charge in [-0.1, -0.05) is 82.2 Å². The fraction of sp³-hybridized carbons (Fsp3) is 0.697. The van der Waals surface area contributed by atoms with Crippen LogP contribution in [0.15, 0.2) is 30.3 Å². The first kappa shape index (κ1) is 36.7. The topological polar surface area (TPSA) is 127 Å². The molecule has 0 bridgehead atoms. The van der Waals surface area contributed by atoms with Gasteiger partial charge in [-0.05, 0) is 56.7 Å². The van der Waals surface area contributed by atoms with Crippen molar-refractivity contribution in [2.75, 3.05) is 38.8 Å². The van der Waals surface area contributed by atoms with E-state index < -0.39 is 39.9 Å². The van der Waals surface area contributed by atoms with E-state index in [4.69, 9.17) is 0 Å². The predicted molar refractivity (Wildman–Crippen MR) is 171 cm³/mol. The highest BCUT2D eigenvalue weighted by atomic mass is 32.2. The van der Waals surface area contributed by atoms with Crippen molar-refractivity contribution in [3.8, 4) is 11.8 Å². The molecule has 1 aromatic rings. The van der Waals surface area contributed by atoms with E-state index in [9.17, 15) is 28.2 Å². The highest BCUT2D eigenvalue weighted by Crippen LogP contribution is 2.29. The van der Waals surface area contributed by atoms with E-state index in [2.05, 4.69) is 17.2 Å². The maximum Gasteiger partial charge on any atom is 0.296 e. The number of carbonyl (C=O) groups excluding carboxylic acids is 2. The number of hydrogen-bond donors (Lipinski definition) is 3. The molecule has 2 amide bonds. The highest BCUT2D eigenvalue weighted by Gasteiger charge is 2.30. The third kappa shape index (κ3) is 15.2. The summed E-state index contributed by atoms with van der Waals surface area (Å²) in [7, 11) is 0.0592. The Morgan fingerprint density at radius 1 is 1.05 bits per heavy atom. The van der Waals surface area contributed by atoms with Gasteiger partial charge in [-0.2, -0.15) is 0 Å². The first-order chi connectivity index (χ1) is 20.4. The molecule has 0 saturated heterocycles. The van der Waals surface area contributed by atoms with Crippen molar-refractivity contribution in [2.45, 2.75) is 96.3 Å². The number of aliphatic hydroxyl groups excluding tert-OH is 2. The van der Waals surface area contributed by atoms with Crippen molar-refractivity contribution < 1.29 is 28.2 Å². The molecular weight excluding hydrogens is 566 g/mol. The maximum absolute atomic E-state index is 13.1. The van der Waals surface area contributed by atoms with Gasteiger partial charge in [-0.3, -0.25) is 9.59 Å². The summed E-state index contributed by atoms with van der Waals surface area (Å²) in [5.41, 5.74) is 0.992. The third-order valence-electron chi connectivity index (χ3n) is 7.88. The van der Waals surface area contributed by atoms with Crippen molar-refractivity contribution in [3.05, 3.63) is 35.9 Å². The van der Waals surface area contributed by atoms with Gasteiger partial charge in [0.1, 0.15) is 12.0 Å². The van der Waals surface area contributed by atoms with Crippen LogP contribution in [-0.4, -0.2) is 97.3 Å². The Labute approximate surface area is 259 Å². The summed E-state index contributed by atoms with van der Waals surface area (Å²) in [4.78, 5) is 29.0. The molecular formula is C33H53N3O6S. The zero-order chi connectivity index (χ0) is 31.8. The van der Waals surface area contributed by atoms with Crippen molar-refractivity contribution in [2.24, 2.45) is 11.8 Å². The molecule has 1 fully saturated rings. The molecule has 2 rings (SSSR count). The van der Waals surface area contributed by atoms with Crippen molar-refractivity contribution >= 4 is 21.7 Å². The predicted octanol–water partition coefficient (Wildman–Crippen LogP) is 3.00. The summed E-state index contributed by atoms with van der Waals surface area (Å²) in [6.07, 6.45) is 5.27. The molecule has 10 heteroatoms. The Morgan fingerprint density at radius 3 is 2.35 bits per heavy atom. The van der Waals surface area contributed by atoms with E-state index in [1.165, 1.54) is 11.3 Å². The standard InChI is InChI=1S/C33H53N3O6S/c1-26(2)23-30(37)33(40)29(24-28-15-9-6-10-16-28)34-31(38)17-11-12-20-36(25-43(41,42)22-21-35(3)4)32(39)19-18-27-13-7-5-8-14-27/h5,7-8,13-14,26,28-30,33,37,40H,6,9-10,12,15-16,18-25H2,1-4H3,(H,34,38)/t29-,30+,33-/m1/s1. The minimum Gasteiger partial charge on any atom is -0.390 e. The highest BCUT2D eigenvalue weighted by molar-refractivity contribution is 7.91. The lowest BCUT2D eigenvalue weighted by Crippen LogP contribution is -2.49. The number of sulfone groups is 1. The molecule has 43 heavy (non-hydrogen) atoms. The number of amides is 2. The Hall–Kier alpha value is -2.45. The van der Waals surface area contributed by atoms with Crippen LogP contribution in [0.25, 0.3) is 0 Å². The first-order valence-electron chi connectivity index (χ1n) is 15.7. The van der Waals surface area contributed by atoms with Gasteiger partial charge in [0, 0.05) is 25.9 Å². The Bertz CT molecular complexity index is 1140. The molecule has 0 unspecified atom stereocenters. The van der Waals surface area contributed by atoms with Gasteiger partial charge in [0.15, 0.2) is 9.84 Å². The zero-order valence-electron chi connectivity index (χ0n) is 26.5. The van der Waals surface area contributed by atoms with Gasteiger partial charge in [0.2, 0.25) is 5.91 Å². The van der Waals surface area contributed by atoms with Gasteiger partial charge in [-0.25, -0.2) is 8.42 Å². The summed E-state index contributed by atoms with van der Waals surface area (Å²) >= 11 is 0. The number of nitrogens with zero attached hydrogens (tertiary/aromatic N) is 2. The van der Waals surface area contributed by atoms with Crippen molar-refractivity contribution in [1.29, 1.82) is 0 Å². The van der Waals surface area contributed by atoms with Crippen LogP contribution in [-0.2, 0) is 25.8 Å². The first-order valence-corrected chi connectivity index (χ1v) is 17.5. The third-order valence-corrected chi connectivity index (χ3v) is 9.39. The summed E-state index contributed by atoms with van der Waals surface area (Å²) < 4.78 is 25.5. The number of carbonyl (C=O) groups is 2. The summed E-state index contributed by atoms with van der Waals surface area (Å²) in [5, 5.41) is 24.3. The van der Waals surface area contributed by atoms with Crippen molar-refractivity contribution in [3.63, 3.8) is 0 Å². The fourth-order valence-corrected chi connectivity index (χ4v) is 6.95. The fourth-order valence-electron chi connectivity index (χ4n) is 5.43. The van der Waals surface area contributed by atoms with Crippen LogP contribution >= 0.6 is 0 Å². The number of hydrogen-bond acceptors (Lipinski definition) is 7. The van der Waals surface area contributed by atoms with Gasteiger partial charge in [-0.15, -0.1) is 0 Å². The molecule has 242 valence electrons. The summed E-state index contributed by atoms with van der Waals surface area (Å²) in [6.45, 7) is 4.38. The lowest BCUT2D eigenvalue weighted by molar-refractivity contribution is -0.130. The second-order valence-corrected chi connectivity index (χ2v) is 14.7. The molecule has 1 aliphatic rings. The molecule has 1 saturated carbocycles. The summed E-state index contributed by atoms with van der Waals surface area (Å²) in [5.74, 6) is 4.61. The average Bonchev–Trinajstić information content (AvgIpc) is 2.96. The number of rotatable bonds is 17. The van der Waals surface area contributed by atoms with E-state index in [-0.39, 0.29) is 37.0 Å². The van der Waals surface area contributed by atoms with E-state index in [0.717, 1.165) is 31.2 Å². The second-order valence-electron chi connectivity index (χ2n) is 12.6. The number of aryl methyl sites for hydroxylation is 1. The molecule has 3 N–H and O–H groups in total. The quantitative estimate of drug-likeness (QED) is 0.229. The van der Waals surface area contributed by atoms with E-state index in [1.807, 2.05) is 44.2 Å². The Balaban J connectivity index is 2.04.